The number of hydrogen-bond donors (Lipinski definition) is 0. The van der Waals surface area contributed by atoms with E-state index >= 15 is 0 Å². The summed E-state index contributed by atoms with van der Waals surface area (Å²) in [5.41, 5.74) is -1.12. The average molecular weight is 634 g/mol. The molecule has 0 saturated heterocycles. The molecule has 0 aromatic heterocycles. The van der Waals surface area contributed by atoms with E-state index < -0.39 is 92.8 Å². The van der Waals surface area contributed by atoms with Crippen molar-refractivity contribution in [1.82, 2.24) is 0 Å². The van der Waals surface area contributed by atoms with Gasteiger partial charge >= 0.3 is 0 Å². The zero-order chi connectivity index (χ0) is 30.6. The summed E-state index contributed by atoms with van der Waals surface area (Å²) in [5, 5.41) is 3.81. The number of benzene rings is 1. The lowest BCUT2D eigenvalue weighted by atomic mass is 10.1. The highest BCUT2D eigenvalue weighted by atomic mass is 28.4. The fourth-order valence-corrected chi connectivity index (χ4v) is 7.21. The lowest BCUT2D eigenvalue weighted by molar-refractivity contribution is -0.0285. The Morgan fingerprint density at radius 3 is 1.46 bits per heavy atom. The van der Waals surface area contributed by atoms with Crippen LogP contribution >= 0.6 is 0 Å². The Bertz CT molecular complexity index is 963. The van der Waals surface area contributed by atoms with Crippen LogP contribution in [0.5, 0.6) is 0 Å². The zero-order valence-electron chi connectivity index (χ0n) is 25.1. The average Bonchev–Trinajstić information content (AvgIpc) is 2.73. The monoisotopic (exact) mass is 633 g/mol. The van der Waals surface area contributed by atoms with Gasteiger partial charge in [0, 0.05) is 0 Å². The minimum Gasteiger partial charge on any atom is -0.415 e. The van der Waals surface area contributed by atoms with Gasteiger partial charge in [0.2, 0.25) is 5.82 Å². The first-order chi connectivity index (χ1) is 17.4. The van der Waals surface area contributed by atoms with Crippen molar-refractivity contribution in [3.63, 3.8) is 0 Å². The van der Waals surface area contributed by atoms with Crippen molar-refractivity contribution < 1.29 is 44.5 Å². The first-order valence-corrected chi connectivity index (χ1v) is 26.4. The summed E-state index contributed by atoms with van der Waals surface area (Å²) in [5.74, 6) is -10.3. The zero-order valence-corrected chi connectivity index (χ0v) is 29.1. The van der Waals surface area contributed by atoms with E-state index in [0.717, 1.165) is 0 Å². The van der Waals surface area contributed by atoms with Gasteiger partial charge in [0.25, 0.3) is 0 Å². The van der Waals surface area contributed by atoms with E-state index in [1.807, 2.05) is 39.3 Å². The van der Waals surface area contributed by atoms with Crippen LogP contribution in [0.3, 0.4) is 0 Å². The Kier molecular flexibility index (Phi) is 12.8. The summed E-state index contributed by atoms with van der Waals surface area (Å²) in [7, 11) is -8.47. The second-order valence-electron chi connectivity index (χ2n) is 13.2. The highest BCUT2D eigenvalue weighted by Gasteiger charge is 2.40. The molecule has 6 nitrogen and oxygen atoms in total. The van der Waals surface area contributed by atoms with Crippen molar-refractivity contribution in [2.45, 2.75) is 103 Å². The molecular formula is C24H44F5NO5Si4. The molecule has 0 radical (unpaired) electrons. The number of nitrogens with zero attached hydrogens (tertiary/aromatic N) is 1. The van der Waals surface area contributed by atoms with Gasteiger partial charge in [-0.15, -0.1) is 0 Å². The molecule has 0 saturated carbocycles. The van der Waals surface area contributed by atoms with E-state index in [-0.39, 0.29) is 6.61 Å². The van der Waals surface area contributed by atoms with Gasteiger partial charge in [0.15, 0.2) is 56.5 Å². The van der Waals surface area contributed by atoms with E-state index in [0.29, 0.717) is 0 Å². The van der Waals surface area contributed by atoms with Crippen LogP contribution in [0.25, 0.3) is 0 Å². The number of hydrogen-bond acceptors (Lipinski definition) is 6. The minimum atomic E-state index is -2.24. The SMILES string of the molecule is C[Si](C)(C)OCC(O[Si](C)(C)C)C(O[Si](C)(C)C)C(/C=N/OCc1c(F)c(F)c(F)c(F)c1F)O[Si](C)(C)C. The molecule has 0 amide bonds. The molecule has 1 aromatic carbocycles. The molecule has 0 aliphatic carbocycles. The number of halogens is 5. The smallest absolute Gasteiger partial charge is 0.200 e. The molecule has 15 heteroatoms. The van der Waals surface area contributed by atoms with Crippen molar-refractivity contribution >= 4 is 39.5 Å². The van der Waals surface area contributed by atoms with Gasteiger partial charge in [-0.3, -0.25) is 0 Å². The summed E-state index contributed by atoms with van der Waals surface area (Å²) >= 11 is 0. The van der Waals surface area contributed by atoms with Crippen LogP contribution in [-0.4, -0.2) is 64.4 Å². The summed E-state index contributed by atoms with van der Waals surface area (Å²) in [6.07, 6.45) is -0.679. The van der Waals surface area contributed by atoms with E-state index in [1.165, 1.54) is 6.21 Å². The highest BCUT2D eigenvalue weighted by Crippen LogP contribution is 2.26. The van der Waals surface area contributed by atoms with Crippen LogP contribution in [0.2, 0.25) is 78.6 Å². The molecule has 0 aliphatic rings. The molecular weight excluding hydrogens is 590 g/mol. The van der Waals surface area contributed by atoms with Crippen molar-refractivity contribution in [2.24, 2.45) is 5.16 Å². The van der Waals surface area contributed by atoms with E-state index in [1.54, 1.807) is 0 Å². The summed E-state index contributed by atoms with van der Waals surface area (Å²) in [6.45, 7) is 23.6. The maximum absolute atomic E-state index is 14.1. The van der Waals surface area contributed by atoms with Crippen LogP contribution in [0.4, 0.5) is 22.0 Å². The number of oxime groups is 1. The quantitative estimate of drug-likeness (QED) is 0.0503. The minimum absolute atomic E-state index is 0.264. The summed E-state index contributed by atoms with van der Waals surface area (Å²) < 4.78 is 94.4. The van der Waals surface area contributed by atoms with Crippen LogP contribution in [0.15, 0.2) is 5.16 Å². The van der Waals surface area contributed by atoms with Crippen molar-refractivity contribution in [3.05, 3.63) is 34.6 Å². The largest absolute Gasteiger partial charge is 0.415 e. The van der Waals surface area contributed by atoms with Gasteiger partial charge in [0.1, 0.15) is 18.8 Å². The van der Waals surface area contributed by atoms with E-state index in [9.17, 15) is 22.0 Å². The molecule has 0 N–H and O–H groups in total. The predicted molar refractivity (Wildman–Crippen MR) is 153 cm³/mol. The molecule has 1 rings (SSSR count). The molecule has 0 bridgehead atoms. The van der Waals surface area contributed by atoms with Gasteiger partial charge in [-0.2, -0.15) is 0 Å². The summed E-state index contributed by atoms with van der Waals surface area (Å²) in [6, 6.07) is 0. The van der Waals surface area contributed by atoms with Gasteiger partial charge in [0.05, 0.1) is 24.5 Å². The van der Waals surface area contributed by atoms with Crippen LogP contribution in [0, 0.1) is 29.1 Å². The molecule has 0 fully saturated rings. The Hall–Kier alpha value is -0.952. The van der Waals surface area contributed by atoms with Crippen LogP contribution in [0.1, 0.15) is 5.56 Å². The predicted octanol–water partition coefficient (Wildman–Crippen LogP) is 7.40. The molecule has 3 unspecified atom stereocenters. The fourth-order valence-electron chi connectivity index (χ4n) is 3.32. The van der Waals surface area contributed by atoms with Gasteiger partial charge < -0.3 is 22.5 Å². The maximum atomic E-state index is 14.1. The normalized spacial score (nSPS) is 16.0. The van der Waals surface area contributed by atoms with E-state index in [4.69, 9.17) is 22.5 Å². The van der Waals surface area contributed by atoms with Gasteiger partial charge in [-0.1, -0.05) is 5.16 Å². The molecule has 39 heavy (non-hydrogen) atoms. The van der Waals surface area contributed by atoms with Crippen molar-refractivity contribution in [1.29, 1.82) is 0 Å². The van der Waals surface area contributed by atoms with Crippen LogP contribution in [-0.2, 0) is 29.1 Å². The third-order valence-electron chi connectivity index (χ3n) is 4.65. The third kappa shape index (κ3) is 13.1. The van der Waals surface area contributed by atoms with Gasteiger partial charge in [-0.25, -0.2) is 22.0 Å². The third-order valence-corrected chi connectivity index (χ3v) is 8.65. The van der Waals surface area contributed by atoms with E-state index in [2.05, 4.69) is 44.4 Å². The lowest BCUT2D eigenvalue weighted by Crippen LogP contribution is -2.55. The molecule has 1 aromatic rings. The second kappa shape index (κ2) is 13.8. The summed E-state index contributed by atoms with van der Waals surface area (Å²) in [4.78, 5) is 5.02. The first kappa shape index (κ1) is 36.1. The highest BCUT2D eigenvalue weighted by molar-refractivity contribution is 6.71. The molecule has 0 heterocycles. The Labute approximate surface area is 233 Å². The number of rotatable bonds is 15. The Balaban J connectivity index is 3.42. The molecule has 226 valence electrons. The standard InChI is InChI=1S/C24H44F5NO5Si4/c1-36(2,3)32-15-18(34-38(7,8)9)24(35-39(10,11)12)17(33-37(4,5)6)13-30-31-14-16-19(25)21(27)23(29)22(28)20(16)26/h13,17-18,24H,14-15H2,1-12H3/b30-13+. The van der Waals surface area contributed by atoms with Crippen LogP contribution < -0.4 is 0 Å². The Morgan fingerprint density at radius 2 is 1.05 bits per heavy atom. The topological polar surface area (TPSA) is 58.5 Å². The van der Waals surface area contributed by atoms with Gasteiger partial charge in [-0.05, 0) is 78.6 Å². The van der Waals surface area contributed by atoms with Crippen molar-refractivity contribution in [3.8, 4) is 0 Å². The molecule has 0 spiro atoms. The maximum Gasteiger partial charge on any atom is 0.200 e. The molecule has 3 atom stereocenters. The molecule has 0 aliphatic heterocycles. The fraction of sp³-hybridized carbons (Fsp3) is 0.708. The van der Waals surface area contributed by atoms with Crippen molar-refractivity contribution in [2.75, 3.05) is 6.61 Å². The lowest BCUT2D eigenvalue weighted by Gasteiger charge is -2.41. The Morgan fingerprint density at radius 1 is 0.615 bits per heavy atom. The first-order valence-electron chi connectivity index (χ1n) is 12.7. The second-order valence-corrected chi connectivity index (χ2v) is 31.1.